The molecule has 1 N–H and O–H groups in total. The summed E-state index contributed by atoms with van der Waals surface area (Å²) < 4.78 is 11.7. The summed E-state index contributed by atoms with van der Waals surface area (Å²) >= 11 is 12.5. The monoisotopic (exact) mass is 436 g/mol. The lowest BCUT2D eigenvalue weighted by Crippen LogP contribution is -2.29. The minimum Gasteiger partial charge on any atom is -0.492 e. The predicted octanol–water partition coefficient (Wildman–Crippen LogP) is 4.46. The molecule has 2 aromatic rings. The first-order valence-electron chi connectivity index (χ1n) is 9.19. The maximum absolute atomic E-state index is 12.2. The van der Waals surface area contributed by atoms with Gasteiger partial charge in [0.1, 0.15) is 25.2 Å². The SMILES string of the molecule is CNC(=O)/C(=N/OC)c1ccccc1COc1cc(OCC2CC2)c(Cl)cc1Cl. The number of nitrogens with zero attached hydrogens (tertiary/aromatic N) is 1. The number of hydrogen-bond donors (Lipinski definition) is 1. The van der Waals surface area contributed by atoms with Gasteiger partial charge in [0.15, 0.2) is 5.71 Å². The van der Waals surface area contributed by atoms with E-state index in [1.165, 1.54) is 27.0 Å². The predicted molar refractivity (Wildman–Crippen MR) is 113 cm³/mol. The van der Waals surface area contributed by atoms with Crippen molar-refractivity contribution in [3.63, 3.8) is 0 Å². The van der Waals surface area contributed by atoms with Gasteiger partial charge in [-0.25, -0.2) is 0 Å². The molecular weight excluding hydrogens is 415 g/mol. The average molecular weight is 437 g/mol. The Labute approximate surface area is 179 Å². The van der Waals surface area contributed by atoms with Gasteiger partial charge in [0.2, 0.25) is 0 Å². The summed E-state index contributed by atoms with van der Waals surface area (Å²) in [6.07, 6.45) is 2.37. The van der Waals surface area contributed by atoms with Crippen LogP contribution < -0.4 is 14.8 Å². The van der Waals surface area contributed by atoms with Gasteiger partial charge >= 0.3 is 0 Å². The molecule has 2 aromatic carbocycles. The molecule has 0 radical (unpaired) electrons. The summed E-state index contributed by atoms with van der Waals surface area (Å²) in [5.41, 5.74) is 1.51. The molecule has 0 atom stereocenters. The second-order valence-corrected chi connectivity index (χ2v) is 7.43. The number of oxime groups is 1. The van der Waals surface area contributed by atoms with Crippen LogP contribution in [-0.4, -0.2) is 32.4 Å². The lowest BCUT2D eigenvalue weighted by atomic mass is 10.0. The Kier molecular flexibility index (Phi) is 7.23. The second-order valence-electron chi connectivity index (χ2n) is 6.61. The molecule has 1 saturated carbocycles. The summed E-state index contributed by atoms with van der Waals surface area (Å²) in [6.45, 7) is 0.798. The number of halogens is 2. The van der Waals surface area contributed by atoms with Crippen molar-refractivity contribution in [1.29, 1.82) is 0 Å². The number of likely N-dealkylation sites (N-methyl/N-ethyl adjacent to an activating group) is 1. The number of ether oxygens (including phenoxy) is 2. The molecule has 0 saturated heterocycles. The van der Waals surface area contributed by atoms with Crippen LogP contribution in [0.2, 0.25) is 10.0 Å². The molecule has 1 aliphatic carbocycles. The second kappa shape index (κ2) is 9.85. The molecule has 0 spiro atoms. The van der Waals surface area contributed by atoms with Crippen molar-refractivity contribution in [2.24, 2.45) is 11.1 Å². The van der Waals surface area contributed by atoms with Crippen molar-refractivity contribution in [2.75, 3.05) is 20.8 Å². The Balaban J connectivity index is 1.80. The van der Waals surface area contributed by atoms with Crippen LogP contribution in [0.5, 0.6) is 11.5 Å². The van der Waals surface area contributed by atoms with E-state index in [0.29, 0.717) is 39.6 Å². The average Bonchev–Trinajstić information content (AvgIpc) is 3.55. The third-order valence-electron chi connectivity index (χ3n) is 4.44. The summed E-state index contributed by atoms with van der Waals surface area (Å²) in [4.78, 5) is 17.0. The molecule has 29 heavy (non-hydrogen) atoms. The molecule has 1 fully saturated rings. The maximum atomic E-state index is 12.2. The number of rotatable bonds is 9. The smallest absolute Gasteiger partial charge is 0.273 e. The molecule has 0 aromatic heterocycles. The molecule has 1 amide bonds. The van der Waals surface area contributed by atoms with Crippen LogP contribution in [0.3, 0.4) is 0 Å². The van der Waals surface area contributed by atoms with Crippen LogP contribution in [-0.2, 0) is 16.2 Å². The van der Waals surface area contributed by atoms with Gasteiger partial charge in [-0.15, -0.1) is 0 Å². The van der Waals surface area contributed by atoms with E-state index in [9.17, 15) is 4.79 Å². The highest BCUT2D eigenvalue weighted by molar-refractivity contribution is 6.45. The van der Waals surface area contributed by atoms with Crippen molar-refractivity contribution in [2.45, 2.75) is 19.4 Å². The third-order valence-corrected chi connectivity index (χ3v) is 5.03. The van der Waals surface area contributed by atoms with Crippen LogP contribution in [0, 0.1) is 5.92 Å². The minimum atomic E-state index is -0.361. The number of hydrogen-bond acceptors (Lipinski definition) is 5. The van der Waals surface area contributed by atoms with E-state index >= 15 is 0 Å². The fourth-order valence-electron chi connectivity index (χ4n) is 2.68. The number of carbonyl (C=O) groups is 1. The Morgan fingerprint density at radius 2 is 1.83 bits per heavy atom. The van der Waals surface area contributed by atoms with Crippen molar-refractivity contribution in [1.82, 2.24) is 5.32 Å². The first-order valence-corrected chi connectivity index (χ1v) is 9.95. The van der Waals surface area contributed by atoms with E-state index in [-0.39, 0.29) is 18.2 Å². The van der Waals surface area contributed by atoms with Gasteiger partial charge in [0.05, 0.1) is 16.7 Å². The Hall–Kier alpha value is -2.44. The van der Waals surface area contributed by atoms with E-state index in [2.05, 4.69) is 10.5 Å². The zero-order chi connectivity index (χ0) is 20.8. The van der Waals surface area contributed by atoms with E-state index in [4.69, 9.17) is 37.5 Å². The van der Waals surface area contributed by atoms with Crippen molar-refractivity contribution in [3.8, 4) is 11.5 Å². The first-order chi connectivity index (χ1) is 14.0. The lowest BCUT2D eigenvalue weighted by Gasteiger charge is -2.15. The standard InChI is InChI=1S/C21H22Cl2N2O4/c1-24-21(26)20(25-27-2)15-6-4-3-5-14(15)12-29-19-10-18(16(22)9-17(19)23)28-11-13-7-8-13/h3-6,9-10,13H,7-8,11-12H2,1-2H3,(H,24,26)/b25-20+. The third kappa shape index (κ3) is 5.55. The van der Waals surface area contributed by atoms with Crippen LogP contribution in [0.1, 0.15) is 24.0 Å². The Morgan fingerprint density at radius 3 is 2.48 bits per heavy atom. The molecule has 8 heteroatoms. The molecule has 0 bridgehead atoms. The summed E-state index contributed by atoms with van der Waals surface area (Å²) in [5, 5.41) is 7.23. The van der Waals surface area contributed by atoms with E-state index in [0.717, 1.165) is 5.56 Å². The van der Waals surface area contributed by atoms with E-state index in [1.807, 2.05) is 18.2 Å². The van der Waals surface area contributed by atoms with Crippen molar-refractivity contribution < 1.29 is 19.1 Å². The van der Waals surface area contributed by atoms with Crippen molar-refractivity contribution in [3.05, 3.63) is 57.6 Å². The first kappa shape index (κ1) is 21.3. The molecule has 6 nitrogen and oxygen atoms in total. The molecule has 0 unspecified atom stereocenters. The largest absolute Gasteiger partial charge is 0.492 e. The maximum Gasteiger partial charge on any atom is 0.273 e. The highest BCUT2D eigenvalue weighted by Gasteiger charge is 2.23. The van der Waals surface area contributed by atoms with Gasteiger partial charge in [-0.3, -0.25) is 4.79 Å². The van der Waals surface area contributed by atoms with E-state index in [1.54, 1.807) is 18.2 Å². The highest BCUT2D eigenvalue weighted by Crippen LogP contribution is 2.38. The normalized spacial score (nSPS) is 13.7. The zero-order valence-electron chi connectivity index (χ0n) is 16.2. The highest BCUT2D eigenvalue weighted by atomic mass is 35.5. The van der Waals surface area contributed by atoms with Gasteiger partial charge in [0, 0.05) is 18.7 Å². The Morgan fingerprint density at radius 1 is 1.14 bits per heavy atom. The van der Waals surface area contributed by atoms with Crippen LogP contribution in [0.4, 0.5) is 0 Å². The number of amides is 1. The van der Waals surface area contributed by atoms with Crippen molar-refractivity contribution >= 4 is 34.8 Å². The number of benzene rings is 2. The quantitative estimate of drug-likeness (QED) is 0.465. The number of nitrogens with one attached hydrogen (secondary N) is 1. The zero-order valence-corrected chi connectivity index (χ0v) is 17.7. The summed E-state index contributed by atoms with van der Waals surface area (Å²) in [5.74, 6) is 1.22. The molecular formula is C21H22Cl2N2O4. The van der Waals surface area contributed by atoms with Gasteiger partial charge in [-0.05, 0) is 30.4 Å². The molecule has 1 aliphatic rings. The van der Waals surface area contributed by atoms with Crippen LogP contribution in [0.15, 0.2) is 41.6 Å². The molecule has 154 valence electrons. The molecule has 3 rings (SSSR count). The Bertz CT molecular complexity index is 914. The summed E-state index contributed by atoms with van der Waals surface area (Å²) in [7, 11) is 2.92. The van der Waals surface area contributed by atoms with Crippen LogP contribution >= 0.6 is 23.2 Å². The molecule has 0 aliphatic heterocycles. The fourth-order valence-corrected chi connectivity index (χ4v) is 3.17. The van der Waals surface area contributed by atoms with E-state index < -0.39 is 0 Å². The topological polar surface area (TPSA) is 69.2 Å². The fraction of sp³-hybridized carbons (Fsp3) is 0.333. The van der Waals surface area contributed by atoms with Gasteiger partial charge < -0.3 is 19.6 Å². The van der Waals surface area contributed by atoms with Gasteiger partial charge in [-0.1, -0.05) is 52.6 Å². The lowest BCUT2D eigenvalue weighted by molar-refractivity contribution is -0.114. The molecule has 0 heterocycles. The van der Waals surface area contributed by atoms with Gasteiger partial charge in [-0.2, -0.15) is 0 Å². The minimum absolute atomic E-state index is 0.157. The summed E-state index contributed by atoms with van der Waals surface area (Å²) in [6, 6.07) is 10.6. The van der Waals surface area contributed by atoms with Gasteiger partial charge in [0.25, 0.3) is 5.91 Å². The van der Waals surface area contributed by atoms with Crippen LogP contribution in [0.25, 0.3) is 0 Å². The number of carbonyl (C=O) groups excluding carboxylic acids is 1.